The first-order valence-corrected chi connectivity index (χ1v) is 6.26. The van der Waals surface area contributed by atoms with E-state index >= 15 is 0 Å². The Kier molecular flexibility index (Phi) is 5.94. The molecule has 0 radical (unpaired) electrons. The second-order valence-corrected chi connectivity index (χ2v) is 4.09. The van der Waals surface area contributed by atoms with Gasteiger partial charge in [-0.15, -0.1) is 0 Å². The number of unbranched alkanes of at least 4 members (excludes halogenated alkanes) is 1. The molecule has 0 spiro atoms. The van der Waals surface area contributed by atoms with E-state index in [0.29, 0.717) is 6.54 Å². The molecule has 0 saturated carbocycles. The van der Waals surface area contributed by atoms with Crippen LogP contribution in [0.5, 0.6) is 5.75 Å². The molecule has 16 heavy (non-hydrogen) atoms. The SMILES string of the molecule is CCCCc1cc(OCCC)ccc1CN. The molecule has 0 aliphatic heterocycles. The number of hydrogen-bond acceptors (Lipinski definition) is 2. The zero-order chi connectivity index (χ0) is 11.8. The lowest BCUT2D eigenvalue weighted by molar-refractivity contribution is 0.317. The molecule has 0 bridgehead atoms. The molecule has 1 rings (SSSR count). The minimum absolute atomic E-state index is 0.618. The Labute approximate surface area is 98.8 Å². The van der Waals surface area contributed by atoms with E-state index in [2.05, 4.69) is 26.0 Å². The summed E-state index contributed by atoms with van der Waals surface area (Å²) in [5.74, 6) is 0.977. The summed E-state index contributed by atoms with van der Waals surface area (Å²) in [5.41, 5.74) is 8.32. The van der Waals surface area contributed by atoms with Gasteiger partial charge in [-0.1, -0.05) is 26.3 Å². The Hall–Kier alpha value is -1.02. The van der Waals surface area contributed by atoms with Gasteiger partial charge in [-0.25, -0.2) is 0 Å². The maximum absolute atomic E-state index is 5.73. The van der Waals surface area contributed by atoms with Crippen LogP contribution in [0.2, 0.25) is 0 Å². The summed E-state index contributed by atoms with van der Waals surface area (Å²) in [6, 6.07) is 6.26. The molecule has 0 atom stereocenters. The molecule has 0 aliphatic rings. The van der Waals surface area contributed by atoms with E-state index in [-0.39, 0.29) is 0 Å². The van der Waals surface area contributed by atoms with Crippen LogP contribution in [0.25, 0.3) is 0 Å². The molecule has 0 aliphatic carbocycles. The third-order valence-corrected chi connectivity index (χ3v) is 2.67. The molecule has 2 heteroatoms. The number of nitrogens with two attached hydrogens (primary N) is 1. The zero-order valence-corrected chi connectivity index (χ0v) is 10.5. The number of rotatable bonds is 7. The Balaban J connectivity index is 2.74. The van der Waals surface area contributed by atoms with Gasteiger partial charge in [0.25, 0.3) is 0 Å². The quantitative estimate of drug-likeness (QED) is 0.767. The maximum Gasteiger partial charge on any atom is 0.119 e. The summed E-state index contributed by atoms with van der Waals surface area (Å²) in [4.78, 5) is 0. The van der Waals surface area contributed by atoms with Crippen molar-refractivity contribution in [2.45, 2.75) is 46.1 Å². The Morgan fingerprint density at radius 2 is 1.94 bits per heavy atom. The van der Waals surface area contributed by atoms with Gasteiger partial charge in [-0.3, -0.25) is 0 Å². The second-order valence-electron chi connectivity index (χ2n) is 4.09. The average Bonchev–Trinajstić information content (AvgIpc) is 2.33. The van der Waals surface area contributed by atoms with Gasteiger partial charge in [0, 0.05) is 6.54 Å². The van der Waals surface area contributed by atoms with Crippen molar-refractivity contribution in [3.63, 3.8) is 0 Å². The van der Waals surface area contributed by atoms with Crippen LogP contribution >= 0.6 is 0 Å². The van der Waals surface area contributed by atoms with Crippen LogP contribution in [0.1, 0.15) is 44.2 Å². The first-order valence-electron chi connectivity index (χ1n) is 6.26. The van der Waals surface area contributed by atoms with Crippen LogP contribution in [0.3, 0.4) is 0 Å². The molecule has 0 heterocycles. The number of hydrogen-bond donors (Lipinski definition) is 1. The Morgan fingerprint density at radius 3 is 2.56 bits per heavy atom. The topological polar surface area (TPSA) is 35.2 Å². The van der Waals surface area contributed by atoms with Gasteiger partial charge >= 0.3 is 0 Å². The van der Waals surface area contributed by atoms with Gasteiger partial charge in [0.1, 0.15) is 5.75 Å². The van der Waals surface area contributed by atoms with Crippen molar-refractivity contribution in [2.24, 2.45) is 5.73 Å². The molecule has 2 N–H and O–H groups in total. The lowest BCUT2D eigenvalue weighted by atomic mass is 10.0. The Bertz CT molecular complexity index is 310. The monoisotopic (exact) mass is 221 g/mol. The summed E-state index contributed by atoms with van der Waals surface area (Å²) in [6.45, 7) is 5.73. The minimum Gasteiger partial charge on any atom is -0.494 e. The standard InChI is InChI=1S/C14H23NO/c1-3-5-6-12-10-14(16-9-4-2)8-7-13(12)11-15/h7-8,10H,3-6,9,11,15H2,1-2H3. The smallest absolute Gasteiger partial charge is 0.119 e. The van der Waals surface area contributed by atoms with Gasteiger partial charge in [0.05, 0.1) is 6.61 Å². The van der Waals surface area contributed by atoms with E-state index in [9.17, 15) is 0 Å². The molecule has 0 amide bonds. The number of ether oxygens (including phenoxy) is 1. The first-order chi connectivity index (χ1) is 7.81. The second kappa shape index (κ2) is 7.29. The van der Waals surface area contributed by atoms with Crippen LogP contribution in [0.4, 0.5) is 0 Å². The number of benzene rings is 1. The Morgan fingerprint density at radius 1 is 1.12 bits per heavy atom. The molecule has 0 saturated heterocycles. The average molecular weight is 221 g/mol. The summed E-state index contributed by atoms with van der Waals surface area (Å²) < 4.78 is 5.63. The zero-order valence-electron chi connectivity index (χ0n) is 10.5. The van der Waals surface area contributed by atoms with Crippen molar-refractivity contribution in [1.82, 2.24) is 0 Å². The highest BCUT2D eigenvalue weighted by atomic mass is 16.5. The van der Waals surface area contributed by atoms with Crippen LogP contribution in [0.15, 0.2) is 18.2 Å². The summed E-state index contributed by atoms with van der Waals surface area (Å²) in [7, 11) is 0. The molecule has 90 valence electrons. The van der Waals surface area contributed by atoms with Crippen molar-refractivity contribution >= 4 is 0 Å². The lowest BCUT2D eigenvalue weighted by Gasteiger charge is -2.11. The molecule has 0 fully saturated rings. The van der Waals surface area contributed by atoms with Gasteiger partial charge < -0.3 is 10.5 Å². The van der Waals surface area contributed by atoms with E-state index in [1.54, 1.807) is 0 Å². The van der Waals surface area contributed by atoms with Crippen molar-refractivity contribution in [3.05, 3.63) is 29.3 Å². The van der Waals surface area contributed by atoms with Gasteiger partial charge in [0.15, 0.2) is 0 Å². The van der Waals surface area contributed by atoms with Gasteiger partial charge in [-0.2, -0.15) is 0 Å². The van der Waals surface area contributed by atoms with E-state index in [1.807, 2.05) is 6.07 Å². The molecular formula is C14H23NO. The fourth-order valence-electron chi connectivity index (χ4n) is 1.71. The van der Waals surface area contributed by atoms with Gasteiger partial charge in [-0.05, 0) is 42.5 Å². The molecule has 1 aromatic carbocycles. The van der Waals surface area contributed by atoms with E-state index in [0.717, 1.165) is 25.2 Å². The van der Waals surface area contributed by atoms with Crippen molar-refractivity contribution < 1.29 is 4.74 Å². The molecule has 1 aromatic rings. The fraction of sp³-hybridized carbons (Fsp3) is 0.571. The lowest BCUT2D eigenvalue weighted by Crippen LogP contribution is -2.03. The summed E-state index contributed by atoms with van der Waals surface area (Å²) >= 11 is 0. The van der Waals surface area contributed by atoms with E-state index in [1.165, 1.54) is 24.0 Å². The maximum atomic E-state index is 5.73. The van der Waals surface area contributed by atoms with Crippen LogP contribution in [-0.2, 0) is 13.0 Å². The largest absolute Gasteiger partial charge is 0.494 e. The van der Waals surface area contributed by atoms with E-state index in [4.69, 9.17) is 10.5 Å². The molecule has 0 aromatic heterocycles. The summed E-state index contributed by atoms with van der Waals surface area (Å²) in [5, 5.41) is 0. The highest BCUT2D eigenvalue weighted by molar-refractivity contribution is 5.35. The molecule has 2 nitrogen and oxygen atoms in total. The third-order valence-electron chi connectivity index (χ3n) is 2.67. The predicted molar refractivity (Wildman–Crippen MR) is 68.7 cm³/mol. The third kappa shape index (κ3) is 3.86. The highest BCUT2D eigenvalue weighted by Gasteiger charge is 2.03. The predicted octanol–water partition coefficient (Wildman–Crippen LogP) is 3.28. The normalized spacial score (nSPS) is 10.4. The van der Waals surface area contributed by atoms with Crippen molar-refractivity contribution in [3.8, 4) is 5.75 Å². The first kappa shape index (κ1) is 13.0. The minimum atomic E-state index is 0.618. The van der Waals surface area contributed by atoms with Gasteiger partial charge in [0.2, 0.25) is 0 Å². The van der Waals surface area contributed by atoms with Crippen molar-refractivity contribution in [2.75, 3.05) is 6.61 Å². The van der Waals surface area contributed by atoms with Crippen LogP contribution in [-0.4, -0.2) is 6.61 Å². The molecular weight excluding hydrogens is 198 g/mol. The van der Waals surface area contributed by atoms with Crippen LogP contribution in [0, 0.1) is 0 Å². The number of aryl methyl sites for hydroxylation is 1. The highest BCUT2D eigenvalue weighted by Crippen LogP contribution is 2.19. The fourth-order valence-corrected chi connectivity index (χ4v) is 1.71. The van der Waals surface area contributed by atoms with E-state index < -0.39 is 0 Å². The van der Waals surface area contributed by atoms with Crippen LogP contribution < -0.4 is 10.5 Å². The summed E-state index contributed by atoms with van der Waals surface area (Å²) in [6.07, 6.45) is 4.57. The molecule has 0 unspecified atom stereocenters. The van der Waals surface area contributed by atoms with Crippen molar-refractivity contribution in [1.29, 1.82) is 0 Å².